The summed E-state index contributed by atoms with van der Waals surface area (Å²) in [6.07, 6.45) is 11.3. The molecule has 0 aliphatic heterocycles. The third kappa shape index (κ3) is 1.84. The molecule has 0 radical (unpaired) electrons. The van der Waals surface area contributed by atoms with E-state index in [9.17, 15) is 5.11 Å². The molecule has 0 spiro atoms. The molecule has 14 heavy (non-hydrogen) atoms. The van der Waals surface area contributed by atoms with Gasteiger partial charge in [-0.1, -0.05) is 45.4 Å². The van der Waals surface area contributed by atoms with E-state index >= 15 is 0 Å². The molecule has 0 aromatic heterocycles. The lowest BCUT2D eigenvalue weighted by molar-refractivity contribution is -0.0526. The maximum atomic E-state index is 10.6. The van der Waals surface area contributed by atoms with Crippen LogP contribution in [0, 0.1) is 11.8 Å². The smallest absolute Gasteiger partial charge is 0.0678 e. The predicted molar refractivity (Wildman–Crippen MR) is 59.2 cm³/mol. The van der Waals surface area contributed by atoms with Crippen molar-refractivity contribution in [2.75, 3.05) is 0 Å². The summed E-state index contributed by atoms with van der Waals surface area (Å²) in [5.74, 6) is 1.44. The molecule has 0 aromatic carbocycles. The maximum absolute atomic E-state index is 10.6. The van der Waals surface area contributed by atoms with Gasteiger partial charge in [-0.25, -0.2) is 0 Å². The lowest BCUT2D eigenvalue weighted by atomic mass is 9.68. The fourth-order valence-corrected chi connectivity index (χ4v) is 3.76. The number of rotatable bonds is 2. The Labute approximate surface area is 87.9 Å². The molecule has 2 atom stereocenters. The molecule has 82 valence electrons. The Balaban J connectivity index is 2.05. The van der Waals surface area contributed by atoms with Crippen LogP contribution in [0.25, 0.3) is 0 Å². The molecule has 0 aromatic rings. The van der Waals surface area contributed by atoms with Crippen LogP contribution in [0.5, 0.6) is 0 Å². The third-order valence-corrected chi connectivity index (χ3v) is 4.59. The molecule has 2 rings (SSSR count). The van der Waals surface area contributed by atoms with E-state index in [1.54, 1.807) is 0 Å². The quantitative estimate of drug-likeness (QED) is 0.716. The number of hydrogen-bond donors (Lipinski definition) is 1. The number of hydrogen-bond acceptors (Lipinski definition) is 1. The monoisotopic (exact) mass is 196 g/mol. The predicted octanol–water partition coefficient (Wildman–Crippen LogP) is 3.51. The Morgan fingerprint density at radius 1 is 1.07 bits per heavy atom. The maximum Gasteiger partial charge on any atom is 0.0678 e. The van der Waals surface area contributed by atoms with Crippen LogP contribution in [0.4, 0.5) is 0 Å². The van der Waals surface area contributed by atoms with Gasteiger partial charge in [-0.2, -0.15) is 0 Å². The Morgan fingerprint density at radius 2 is 1.71 bits per heavy atom. The van der Waals surface area contributed by atoms with Gasteiger partial charge in [0.2, 0.25) is 0 Å². The van der Waals surface area contributed by atoms with Gasteiger partial charge in [0.25, 0.3) is 0 Å². The second-order valence-corrected chi connectivity index (χ2v) is 5.37. The summed E-state index contributed by atoms with van der Waals surface area (Å²) < 4.78 is 0. The SMILES string of the molecule is CCC1CCCCC1C1(O)CCCC1. The first-order valence-corrected chi connectivity index (χ1v) is 6.48. The van der Waals surface area contributed by atoms with E-state index in [0.29, 0.717) is 5.92 Å². The molecular formula is C13H24O. The average Bonchev–Trinajstić information content (AvgIpc) is 2.66. The van der Waals surface area contributed by atoms with Crippen molar-refractivity contribution in [1.82, 2.24) is 0 Å². The molecular weight excluding hydrogens is 172 g/mol. The van der Waals surface area contributed by atoms with Gasteiger partial charge in [-0.15, -0.1) is 0 Å². The molecule has 1 heteroatoms. The molecule has 0 saturated heterocycles. The zero-order chi connectivity index (χ0) is 10.0. The van der Waals surface area contributed by atoms with Crippen LogP contribution in [0.2, 0.25) is 0 Å². The minimum Gasteiger partial charge on any atom is -0.390 e. The minimum absolute atomic E-state index is 0.263. The van der Waals surface area contributed by atoms with E-state index in [1.807, 2.05) is 0 Å². The fourth-order valence-electron chi connectivity index (χ4n) is 3.76. The third-order valence-electron chi connectivity index (χ3n) is 4.59. The molecule has 2 saturated carbocycles. The minimum atomic E-state index is -0.263. The lowest BCUT2D eigenvalue weighted by Gasteiger charge is -2.41. The van der Waals surface area contributed by atoms with Crippen LogP contribution in [-0.4, -0.2) is 10.7 Å². The van der Waals surface area contributed by atoms with Gasteiger partial charge in [0.1, 0.15) is 0 Å². The largest absolute Gasteiger partial charge is 0.390 e. The van der Waals surface area contributed by atoms with Gasteiger partial charge in [0.15, 0.2) is 0 Å². The van der Waals surface area contributed by atoms with Crippen LogP contribution in [0.15, 0.2) is 0 Å². The Kier molecular flexibility index (Phi) is 3.16. The molecule has 2 aliphatic carbocycles. The first-order valence-electron chi connectivity index (χ1n) is 6.48. The second-order valence-electron chi connectivity index (χ2n) is 5.37. The van der Waals surface area contributed by atoms with Crippen LogP contribution < -0.4 is 0 Å². The van der Waals surface area contributed by atoms with Crippen LogP contribution in [0.3, 0.4) is 0 Å². The van der Waals surface area contributed by atoms with Gasteiger partial charge >= 0.3 is 0 Å². The molecule has 2 fully saturated rings. The highest BCUT2D eigenvalue weighted by molar-refractivity contribution is 4.94. The highest BCUT2D eigenvalue weighted by Crippen LogP contribution is 2.46. The highest BCUT2D eigenvalue weighted by Gasteiger charge is 2.43. The fraction of sp³-hybridized carbons (Fsp3) is 1.00. The van der Waals surface area contributed by atoms with Crippen molar-refractivity contribution < 1.29 is 5.11 Å². The van der Waals surface area contributed by atoms with Gasteiger partial charge in [0, 0.05) is 0 Å². The zero-order valence-electron chi connectivity index (χ0n) is 9.47. The average molecular weight is 196 g/mol. The Morgan fingerprint density at radius 3 is 2.36 bits per heavy atom. The molecule has 0 heterocycles. The molecule has 1 nitrogen and oxygen atoms in total. The van der Waals surface area contributed by atoms with Gasteiger partial charge < -0.3 is 5.11 Å². The van der Waals surface area contributed by atoms with Gasteiger partial charge in [0.05, 0.1) is 5.60 Å². The summed E-state index contributed by atoms with van der Waals surface area (Å²) in [6, 6.07) is 0. The van der Waals surface area contributed by atoms with Gasteiger partial charge in [-0.05, 0) is 31.1 Å². The van der Waals surface area contributed by atoms with Crippen LogP contribution in [-0.2, 0) is 0 Å². The van der Waals surface area contributed by atoms with Crippen molar-refractivity contribution in [2.45, 2.75) is 70.3 Å². The molecule has 2 aliphatic rings. The lowest BCUT2D eigenvalue weighted by Crippen LogP contribution is -2.40. The molecule has 1 N–H and O–H groups in total. The van der Waals surface area contributed by atoms with E-state index in [0.717, 1.165) is 18.8 Å². The summed E-state index contributed by atoms with van der Waals surface area (Å²) in [5, 5.41) is 10.6. The standard InChI is InChI=1S/C13H24O/c1-2-11-7-3-4-8-12(11)13(14)9-5-6-10-13/h11-12,14H,2-10H2,1H3. The first kappa shape index (κ1) is 10.5. The van der Waals surface area contributed by atoms with Crippen molar-refractivity contribution in [2.24, 2.45) is 11.8 Å². The molecule has 0 bridgehead atoms. The van der Waals surface area contributed by atoms with Crippen molar-refractivity contribution in [3.8, 4) is 0 Å². The number of aliphatic hydroxyl groups is 1. The van der Waals surface area contributed by atoms with E-state index < -0.39 is 0 Å². The summed E-state index contributed by atoms with van der Waals surface area (Å²) >= 11 is 0. The highest BCUT2D eigenvalue weighted by atomic mass is 16.3. The van der Waals surface area contributed by atoms with Crippen molar-refractivity contribution in [1.29, 1.82) is 0 Å². The molecule has 0 amide bonds. The first-order chi connectivity index (χ1) is 6.76. The van der Waals surface area contributed by atoms with E-state index in [1.165, 1.54) is 44.9 Å². The summed E-state index contributed by atoms with van der Waals surface area (Å²) in [5.41, 5.74) is -0.263. The Bertz CT molecular complexity index is 182. The summed E-state index contributed by atoms with van der Waals surface area (Å²) in [7, 11) is 0. The van der Waals surface area contributed by atoms with Crippen molar-refractivity contribution in [3.63, 3.8) is 0 Å². The van der Waals surface area contributed by atoms with E-state index in [4.69, 9.17) is 0 Å². The molecule has 2 unspecified atom stereocenters. The van der Waals surface area contributed by atoms with Crippen LogP contribution >= 0.6 is 0 Å². The normalized spacial score (nSPS) is 37.3. The van der Waals surface area contributed by atoms with E-state index in [2.05, 4.69) is 6.92 Å². The van der Waals surface area contributed by atoms with Gasteiger partial charge in [-0.3, -0.25) is 0 Å². The van der Waals surface area contributed by atoms with Crippen LogP contribution in [0.1, 0.15) is 64.7 Å². The second kappa shape index (κ2) is 4.22. The Hall–Kier alpha value is -0.0400. The van der Waals surface area contributed by atoms with Crippen molar-refractivity contribution >= 4 is 0 Å². The summed E-state index contributed by atoms with van der Waals surface area (Å²) in [4.78, 5) is 0. The summed E-state index contributed by atoms with van der Waals surface area (Å²) in [6.45, 7) is 2.29. The topological polar surface area (TPSA) is 20.2 Å². The van der Waals surface area contributed by atoms with E-state index in [-0.39, 0.29) is 5.60 Å². The zero-order valence-corrected chi connectivity index (χ0v) is 9.47. The van der Waals surface area contributed by atoms with Crippen molar-refractivity contribution in [3.05, 3.63) is 0 Å².